The van der Waals surface area contributed by atoms with Crippen LogP contribution in [0.1, 0.15) is 16.2 Å². The van der Waals surface area contributed by atoms with Crippen LogP contribution in [-0.4, -0.2) is 20.9 Å². The SMILES string of the molecule is Cl.N#Cc1ncc(C(=O)Nc2ccc(F)cc2F)c(Nc2ccc(Oc3ccnc(N)c3)c(F)c2)n1. The molecule has 0 aliphatic carbocycles. The van der Waals surface area contributed by atoms with Crippen LogP contribution in [0.3, 0.4) is 0 Å². The molecule has 0 aliphatic heterocycles. The van der Waals surface area contributed by atoms with Gasteiger partial charge in [-0.3, -0.25) is 4.79 Å². The Morgan fingerprint density at radius 3 is 2.53 bits per heavy atom. The molecule has 0 aliphatic rings. The van der Waals surface area contributed by atoms with Gasteiger partial charge in [0.05, 0.1) is 5.69 Å². The first kappa shape index (κ1) is 25.7. The maximum atomic E-state index is 14.7. The molecule has 1 amide bonds. The summed E-state index contributed by atoms with van der Waals surface area (Å²) in [6.07, 6.45) is 2.46. The summed E-state index contributed by atoms with van der Waals surface area (Å²) >= 11 is 0. The highest BCUT2D eigenvalue weighted by Gasteiger charge is 2.18. The van der Waals surface area contributed by atoms with E-state index < -0.39 is 23.4 Å². The van der Waals surface area contributed by atoms with Crippen molar-refractivity contribution in [2.75, 3.05) is 16.4 Å². The van der Waals surface area contributed by atoms with Gasteiger partial charge in [-0.15, -0.1) is 12.4 Å². The van der Waals surface area contributed by atoms with E-state index in [-0.39, 0.29) is 58.3 Å². The summed E-state index contributed by atoms with van der Waals surface area (Å²) in [5, 5.41) is 14.1. The van der Waals surface area contributed by atoms with E-state index in [1.807, 2.05) is 0 Å². The second-order valence-corrected chi connectivity index (χ2v) is 6.93. The number of nitriles is 1. The third-order valence-corrected chi connectivity index (χ3v) is 4.49. The first-order chi connectivity index (χ1) is 16.8. The number of halogens is 4. The van der Waals surface area contributed by atoms with Crippen molar-refractivity contribution in [3.05, 3.63) is 89.8 Å². The van der Waals surface area contributed by atoms with Gasteiger partial charge in [-0.2, -0.15) is 5.26 Å². The third kappa shape index (κ3) is 5.96. The Morgan fingerprint density at radius 1 is 1.03 bits per heavy atom. The molecule has 0 saturated heterocycles. The van der Waals surface area contributed by atoms with Crippen molar-refractivity contribution in [2.24, 2.45) is 0 Å². The largest absolute Gasteiger partial charge is 0.454 e. The van der Waals surface area contributed by atoms with Gasteiger partial charge in [-0.25, -0.2) is 28.1 Å². The van der Waals surface area contributed by atoms with Gasteiger partial charge in [-0.1, -0.05) is 0 Å². The van der Waals surface area contributed by atoms with E-state index >= 15 is 0 Å². The van der Waals surface area contributed by atoms with Crippen LogP contribution in [0.25, 0.3) is 0 Å². The highest BCUT2D eigenvalue weighted by molar-refractivity contribution is 6.07. The van der Waals surface area contributed by atoms with Gasteiger partial charge in [0.15, 0.2) is 11.6 Å². The van der Waals surface area contributed by atoms with Crippen LogP contribution >= 0.6 is 12.4 Å². The zero-order valence-corrected chi connectivity index (χ0v) is 18.8. The molecule has 4 N–H and O–H groups in total. The number of benzene rings is 2. The lowest BCUT2D eigenvalue weighted by Crippen LogP contribution is -2.17. The summed E-state index contributed by atoms with van der Waals surface area (Å²) in [5.41, 5.74) is 5.29. The standard InChI is InChI=1S/C23H14F3N7O2.ClH/c24-12-1-3-18(16(25)7-12)32-23(34)15-11-30-21(10-27)33-22(15)31-13-2-4-19(17(26)8-13)35-14-5-6-29-20(28)9-14;/h1-9,11H,(H2,28,29)(H,32,34)(H,30,31,33);1H. The van der Waals surface area contributed by atoms with E-state index in [1.54, 1.807) is 6.07 Å². The molecule has 4 rings (SSSR count). The van der Waals surface area contributed by atoms with Crippen LogP contribution in [0.5, 0.6) is 11.5 Å². The number of nitrogens with zero attached hydrogens (tertiary/aromatic N) is 4. The van der Waals surface area contributed by atoms with Crippen LogP contribution in [-0.2, 0) is 0 Å². The third-order valence-electron chi connectivity index (χ3n) is 4.49. The molecule has 0 radical (unpaired) electrons. The fourth-order valence-corrected chi connectivity index (χ4v) is 2.89. The lowest BCUT2D eigenvalue weighted by atomic mass is 10.2. The van der Waals surface area contributed by atoms with Crippen molar-refractivity contribution >= 4 is 41.3 Å². The molecule has 0 atom stereocenters. The van der Waals surface area contributed by atoms with E-state index in [2.05, 4.69) is 25.6 Å². The van der Waals surface area contributed by atoms with Gasteiger partial charge in [0.1, 0.15) is 40.7 Å². The first-order valence-corrected chi connectivity index (χ1v) is 9.82. The Kier molecular flexibility index (Phi) is 7.88. The molecule has 13 heteroatoms. The fourth-order valence-electron chi connectivity index (χ4n) is 2.89. The van der Waals surface area contributed by atoms with Crippen LogP contribution < -0.4 is 21.1 Å². The van der Waals surface area contributed by atoms with Crippen LogP contribution in [0.2, 0.25) is 0 Å². The predicted molar refractivity (Wildman–Crippen MR) is 127 cm³/mol. The summed E-state index contributed by atoms with van der Waals surface area (Å²) in [7, 11) is 0. The Morgan fingerprint density at radius 2 is 1.83 bits per heavy atom. The van der Waals surface area contributed by atoms with Gasteiger partial charge >= 0.3 is 0 Å². The number of nitrogen functional groups attached to an aromatic ring is 1. The van der Waals surface area contributed by atoms with E-state index in [1.165, 1.54) is 30.5 Å². The molecule has 2 aromatic heterocycles. The highest BCUT2D eigenvalue weighted by Crippen LogP contribution is 2.29. The normalized spacial score (nSPS) is 10.1. The second-order valence-electron chi connectivity index (χ2n) is 6.93. The van der Waals surface area contributed by atoms with E-state index in [0.717, 1.165) is 24.4 Å². The number of carbonyl (C=O) groups excluding carboxylic acids is 1. The summed E-state index contributed by atoms with van der Waals surface area (Å²) in [6.45, 7) is 0. The highest BCUT2D eigenvalue weighted by atomic mass is 35.5. The molecular formula is C23H15ClF3N7O2. The molecule has 4 aromatic rings. The van der Waals surface area contributed by atoms with Crippen molar-refractivity contribution in [2.45, 2.75) is 0 Å². The number of nitrogens with two attached hydrogens (primary N) is 1. The van der Waals surface area contributed by atoms with Crippen molar-refractivity contribution < 1.29 is 22.7 Å². The molecular weight excluding hydrogens is 499 g/mol. The minimum atomic E-state index is -0.990. The van der Waals surface area contributed by atoms with E-state index in [4.69, 9.17) is 15.7 Å². The molecule has 2 heterocycles. The van der Waals surface area contributed by atoms with Crippen LogP contribution in [0.15, 0.2) is 60.9 Å². The molecule has 0 spiro atoms. The Bertz CT molecular complexity index is 1480. The Labute approximate surface area is 208 Å². The zero-order valence-electron chi connectivity index (χ0n) is 18.0. The number of anilines is 4. The zero-order chi connectivity index (χ0) is 24.9. The molecule has 182 valence electrons. The molecule has 9 nitrogen and oxygen atoms in total. The minimum Gasteiger partial charge on any atom is -0.454 e. The molecule has 0 bridgehead atoms. The Hall–Kier alpha value is -4.89. The van der Waals surface area contributed by atoms with Gasteiger partial charge < -0.3 is 21.1 Å². The summed E-state index contributed by atoms with van der Waals surface area (Å²) in [4.78, 5) is 24.2. The summed E-state index contributed by atoms with van der Waals surface area (Å²) in [6, 6.07) is 11.1. The van der Waals surface area contributed by atoms with Crippen molar-refractivity contribution in [1.29, 1.82) is 5.26 Å². The maximum Gasteiger partial charge on any atom is 0.261 e. The number of pyridine rings is 1. The van der Waals surface area contributed by atoms with Crippen molar-refractivity contribution in [3.8, 4) is 17.6 Å². The van der Waals surface area contributed by atoms with Gasteiger partial charge in [0.25, 0.3) is 5.91 Å². The second kappa shape index (κ2) is 11.0. The minimum absolute atomic E-state index is 0. The number of aromatic nitrogens is 3. The number of hydrogen-bond donors (Lipinski definition) is 3. The van der Waals surface area contributed by atoms with Gasteiger partial charge in [0.2, 0.25) is 5.82 Å². The van der Waals surface area contributed by atoms with Crippen LogP contribution in [0.4, 0.5) is 36.2 Å². The molecule has 0 fully saturated rings. The average Bonchev–Trinajstić information content (AvgIpc) is 2.82. The van der Waals surface area contributed by atoms with Gasteiger partial charge in [-0.05, 0) is 30.3 Å². The van der Waals surface area contributed by atoms with E-state index in [9.17, 15) is 18.0 Å². The molecule has 2 aromatic carbocycles. The fraction of sp³-hybridized carbons (Fsp3) is 0. The number of hydrogen-bond acceptors (Lipinski definition) is 8. The van der Waals surface area contributed by atoms with Crippen LogP contribution in [0, 0.1) is 28.8 Å². The Balaban J connectivity index is 0.00000361. The topological polar surface area (TPSA) is 139 Å². The molecule has 0 unspecified atom stereocenters. The maximum absolute atomic E-state index is 14.7. The number of amides is 1. The summed E-state index contributed by atoms with van der Waals surface area (Å²) < 4.78 is 47.2. The number of nitrogens with one attached hydrogen (secondary N) is 2. The quantitative estimate of drug-likeness (QED) is 0.329. The predicted octanol–water partition coefficient (Wildman–Crippen LogP) is 4.95. The lowest BCUT2D eigenvalue weighted by molar-refractivity contribution is 0.102. The van der Waals surface area contributed by atoms with E-state index in [0.29, 0.717) is 6.07 Å². The lowest BCUT2D eigenvalue weighted by Gasteiger charge is -2.13. The summed E-state index contributed by atoms with van der Waals surface area (Å²) in [5.74, 6) is -3.45. The molecule has 36 heavy (non-hydrogen) atoms. The first-order valence-electron chi connectivity index (χ1n) is 9.82. The number of rotatable bonds is 6. The smallest absolute Gasteiger partial charge is 0.261 e. The number of carbonyl (C=O) groups is 1. The monoisotopic (exact) mass is 513 g/mol. The van der Waals surface area contributed by atoms with Gasteiger partial charge in [0, 0.05) is 36.3 Å². The molecule has 0 saturated carbocycles. The van der Waals surface area contributed by atoms with Crippen molar-refractivity contribution in [3.63, 3.8) is 0 Å². The average molecular weight is 514 g/mol. The van der Waals surface area contributed by atoms with Crippen molar-refractivity contribution in [1.82, 2.24) is 15.0 Å². The number of ether oxygens (including phenoxy) is 1.